The van der Waals surface area contributed by atoms with Gasteiger partial charge in [0.2, 0.25) is 0 Å². The first-order valence-electron chi connectivity index (χ1n) is 9.37. The number of nitrogens with one attached hydrogen (secondary N) is 1. The summed E-state index contributed by atoms with van der Waals surface area (Å²) in [5, 5.41) is 9.30. The molecular weight excluding hydrogens is 389 g/mol. The van der Waals surface area contributed by atoms with Crippen molar-refractivity contribution in [1.29, 1.82) is 0 Å². The van der Waals surface area contributed by atoms with Gasteiger partial charge in [-0.05, 0) is 60.7 Å². The number of benzene rings is 2. The van der Waals surface area contributed by atoms with Crippen LogP contribution in [0.3, 0.4) is 0 Å². The molecule has 1 aliphatic carbocycles. The number of halogens is 1. The van der Waals surface area contributed by atoms with Crippen LogP contribution < -0.4 is 14.5 Å². The van der Waals surface area contributed by atoms with E-state index >= 15 is 0 Å². The molecule has 1 heterocycles. The lowest BCUT2D eigenvalue weighted by atomic mass is 9.99. The van der Waals surface area contributed by atoms with Gasteiger partial charge in [0, 0.05) is 35.9 Å². The summed E-state index contributed by atoms with van der Waals surface area (Å²) in [5.74, 6) is -2.00. The third-order valence-electron chi connectivity index (χ3n) is 5.10. The smallest absolute Gasteiger partial charge is 0.338 e. The molecule has 2 aliphatic rings. The van der Waals surface area contributed by atoms with Gasteiger partial charge in [-0.3, -0.25) is 0 Å². The number of aromatic carboxylic acids is 1. The predicted octanol–water partition coefficient (Wildman–Crippen LogP) is 4.87. The molecule has 2 aromatic rings. The monoisotopic (exact) mass is 411 g/mol. The summed E-state index contributed by atoms with van der Waals surface area (Å²) in [5.41, 5.74) is 4.54. The normalized spacial score (nSPS) is 15.7. The van der Waals surface area contributed by atoms with E-state index in [2.05, 4.69) is 33.9 Å². The third-order valence-corrected chi connectivity index (χ3v) is 5.92. The lowest BCUT2D eigenvalue weighted by Crippen LogP contribution is -2.34. The average molecular weight is 412 g/mol. The molecule has 0 bridgehead atoms. The van der Waals surface area contributed by atoms with Gasteiger partial charge in [0.05, 0.1) is 17.9 Å². The van der Waals surface area contributed by atoms with Crippen LogP contribution in [0.2, 0.25) is 0 Å². The molecule has 150 valence electrons. The average Bonchev–Trinajstić information content (AvgIpc) is 2.73. The summed E-state index contributed by atoms with van der Waals surface area (Å²) in [6.07, 6.45) is 8.42. The van der Waals surface area contributed by atoms with Gasteiger partial charge in [-0.2, -0.15) is 0 Å². The number of carboxylic acid groups (broad SMARTS) is 1. The molecule has 4 rings (SSSR count). The molecule has 29 heavy (non-hydrogen) atoms. The maximum Gasteiger partial charge on any atom is 0.338 e. The van der Waals surface area contributed by atoms with Crippen LogP contribution in [-0.4, -0.2) is 31.8 Å². The van der Waals surface area contributed by atoms with E-state index in [1.54, 1.807) is 18.0 Å². The Morgan fingerprint density at radius 1 is 1.28 bits per heavy atom. The largest absolute Gasteiger partial charge is 0.478 e. The van der Waals surface area contributed by atoms with E-state index in [1.807, 2.05) is 25.1 Å². The number of fused-ring (bicyclic) bond motifs is 1. The molecule has 0 spiro atoms. The Morgan fingerprint density at radius 2 is 2.10 bits per heavy atom. The molecule has 0 fully saturated rings. The van der Waals surface area contributed by atoms with Crippen molar-refractivity contribution in [3.05, 3.63) is 65.6 Å². The first-order valence-corrected chi connectivity index (χ1v) is 10.2. The second-order valence-corrected chi connectivity index (χ2v) is 8.12. The number of anilines is 2. The third kappa shape index (κ3) is 3.75. The topological polar surface area (TPSA) is 55.8 Å². The van der Waals surface area contributed by atoms with E-state index in [1.165, 1.54) is 17.8 Å². The van der Waals surface area contributed by atoms with E-state index in [4.69, 9.17) is 0 Å². The Labute approximate surface area is 173 Å². The molecule has 2 N–H and O–H groups in total. The highest BCUT2D eigenvalue weighted by Crippen LogP contribution is 2.43. The van der Waals surface area contributed by atoms with Gasteiger partial charge in [-0.15, -0.1) is 0 Å². The van der Waals surface area contributed by atoms with Crippen LogP contribution in [-0.2, 0) is 0 Å². The molecule has 0 radical (unpaired) electrons. The van der Waals surface area contributed by atoms with Crippen LogP contribution in [0, 0.1) is 5.82 Å². The summed E-state index contributed by atoms with van der Waals surface area (Å²) < 4.78 is 17.3. The maximum atomic E-state index is 13.9. The van der Waals surface area contributed by atoms with Crippen LogP contribution in [0.5, 0.6) is 0 Å². The second kappa shape index (κ2) is 7.93. The van der Waals surface area contributed by atoms with Crippen molar-refractivity contribution >= 4 is 29.3 Å². The fraction of sp³-hybridized carbons (Fsp3) is 0.227. The van der Waals surface area contributed by atoms with Gasteiger partial charge >= 0.3 is 5.97 Å². The lowest BCUT2D eigenvalue weighted by molar-refractivity contribution is 0.0692. The van der Waals surface area contributed by atoms with Crippen molar-refractivity contribution in [2.75, 3.05) is 30.6 Å². The molecule has 7 heteroatoms. The molecule has 0 saturated carbocycles. The Kier molecular flexibility index (Phi) is 5.34. The number of hydrogen-bond acceptors (Lipinski definition) is 5. The minimum atomic E-state index is -1.27. The zero-order valence-corrected chi connectivity index (χ0v) is 17.1. The zero-order chi connectivity index (χ0) is 20.5. The lowest BCUT2D eigenvalue weighted by Gasteiger charge is -2.35. The quantitative estimate of drug-likeness (QED) is 0.701. The number of allylic oxidation sites excluding steroid dienone is 4. The second-order valence-electron chi connectivity index (χ2n) is 7.19. The molecule has 0 saturated heterocycles. The first kappa shape index (κ1) is 19.5. The SMILES string of the molecule is CN(C)c1cc2c(cc1-c1ccc(F)c(C(=O)O)c1)SNCN2C1=CC=CCC1. The predicted molar refractivity (Wildman–Crippen MR) is 116 cm³/mol. The van der Waals surface area contributed by atoms with Crippen molar-refractivity contribution in [1.82, 2.24) is 4.72 Å². The number of carbonyl (C=O) groups is 1. The fourth-order valence-electron chi connectivity index (χ4n) is 3.64. The summed E-state index contributed by atoms with van der Waals surface area (Å²) >= 11 is 1.55. The number of nitrogens with zero attached hydrogens (tertiary/aromatic N) is 2. The summed E-state index contributed by atoms with van der Waals surface area (Å²) in [6, 6.07) is 8.42. The molecule has 0 amide bonds. The van der Waals surface area contributed by atoms with Crippen LogP contribution in [0.1, 0.15) is 23.2 Å². The Hall–Kier alpha value is -2.77. The molecule has 1 aliphatic heterocycles. The Morgan fingerprint density at radius 3 is 2.79 bits per heavy atom. The molecule has 2 aromatic carbocycles. The highest BCUT2D eigenvalue weighted by molar-refractivity contribution is 7.97. The van der Waals surface area contributed by atoms with Gasteiger partial charge in [-0.1, -0.05) is 18.2 Å². The van der Waals surface area contributed by atoms with E-state index < -0.39 is 11.8 Å². The van der Waals surface area contributed by atoms with E-state index in [9.17, 15) is 14.3 Å². The minimum absolute atomic E-state index is 0.323. The minimum Gasteiger partial charge on any atom is -0.478 e. The van der Waals surface area contributed by atoms with Crippen LogP contribution in [0.4, 0.5) is 15.8 Å². The van der Waals surface area contributed by atoms with Crippen molar-refractivity contribution in [3.8, 4) is 11.1 Å². The maximum absolute atomic E-state index is 13.9. The van der Waals surface area contributed by atoms with Crippen LogP contribution in [0.25, 0.3) is 11.1 Å². The van der Waals surface area contributed by atoms with E-state index in [0.29, 0.717) is 12.2 Å². The van der Waals surface area contributed by atoms with Gasteiger partial charge in [-0.25, -0.2) is 13.9 Å². The summed E-state index contributed by atoms with van der Waals surface area (Å²) in [4.78, 5) is 16.7. The van der Waals surface area contributed by atoms with Crippen LogP contribution >= 0.6 is 11.9 Å². The molecule has 5 nitrogen and oxygen atoms in total. The fourth-order valence-corrected chi connectivity index (χ4v) is 4.44. The Balaban J connectivity index is 1.85. The van der Waals surface area contributed by atoms with Gasteiger partial charge in [0.1, 0.15) is 5.82 Å². The molecule has 0 atom stereocenters. The standard InChI is InChI=1S/C22H22FN3O2S/c1-25(2)19-12-20-21(29-24-13-26(20)15-6-4-3-5-7-15)11-16(19)14-8-9-18(23)17(10-14)22(27)28/h3-4,6,8-12,24H,5,7,13H2,1-2H3,(H,27,28). The first-order chi connectivity index (χ1) is 14.0. The number of rotatable bonds is 4. The van der Waals surface area contributed by atoms with Gasteiger partial charge in [0.25, 0.3) is 0 Å². The Bertz CT molecular complexity index is 1030. The van der Waals surface area contributed by atoms with Gasteiger partial charge in [0.15, 0.2) is 0 Å². The number of carboxylic acids is 1. The van der Waals surface area contributed by atoms with Crippen molar-refractivity contribution in [2.45, 2.75) is 17.7 Å². The summed E-state index contributed by atoms with van der Waals surface area (Å²) in [6.45, 7) is 0.712. The zero-order valence-electron chi connectivity index (χ0n) is 16.3. The molecular formula is C22H22FN3O2S. The number of hydrogen-bond donors (Lipinski definition) is 2. The molecule has 0 unspecified atom stereocenters. The van der Waals surface area contributed by atoms with E-state index in [-0.39, 0.29) is 5.56 Å². The van der Waals surface area contributed by atoms with Crippen molar-refractivity contribution in [3.63, 3.8) is 0 Å². The molecule has 0 aromatic heterocycles. The summed E-state index contributed by atoms with van der Waals surface area (Å²) in [7, 11) is 3.90. The van der Waals surface area contributed by atoms with E-state index in [0.717, 1.165) is 34.7 Å². The van der Waals surface area contributed by atoms with Crippen molar-refractivity contribution in [2.24, 2.45) is 0 Å². The van der Waals surface area contributed by atoms with Crippen LogP contribution in [0.15, 0.2) is 59.2 Å². The van der Waals surface area contributed by atoms with Crippen molar-refractivity contribution < 1.29 is 14.3 Å². The van der Waals surface area contributed by atoms with Gasteiger partial charge < -0.3 is 14.9 Å². The highest BCUT2D eigenvalue weighted by atomic mass is 32.2. The highest BCUT2D eigenvalue weighted by Gasteiger charge is 2.24.